The molecule has 1 aromatic heterocycles. The van der Waals surface area contributed by atoms with Crippen LogP contribution in [0.4, 0.5) is 5.69 Å². The predicted octanol–water partition coefficient (Wildman–Crippen LogP) is 3.57. The van der Waals surface area contributed by atoms with Crippen LogP contribution in [0, 0.1) is 0 Å². The average molecular weight is 318 g/mol. The molecule has 1 N–H and O–H groups in total. The number of aryl methyl sites for hydroxylation is 1. The van der Waals surface area contributed by atoms with E-state index in [1.54, 1.807) is 13.2 Å². The van der Waals surface area contributed by atoms with Gasteiger partial charge in [0.05, 0.1) is 11.9 Å². The smallest absolute Gasteiger partial charge is 0.287 e. The zero-order valence-electron chi connectivity index (χ0n) is 12.6. The Balaban J connectivity index is 1.73. The minimum atomic E-state index is -0.262. The third-order valence-electron chi connectivity index (χ3n) is 4.38. The second kappa shape index (κ2) is 6.53. The topological polar surface area (TPSA) is 46.9 Å². The van der Waals surface area contributed by atoms with Gasteiger partial charge in [0.1, 0.15) is 5.02 Å². The predicted molar refractivity (Wildman–Crippen MR) is 89.5 cm³/mol. The fraction of sp³-hybridized carbons (Fsp3) is 0.412. The molecule has 2 unspecified atom stereocenters. The first-order chi connectivity index (χ1) is 10.6. The average Bonchev–Trinajstić information content (AvgIpc) is 2.57. The molecule has 0 aliphatic heterocycles. The Hall–Kier alpha value is -1.81. The van der Waals surface area contributed by atoms with Gasteiger partial charge < -0.3 is 5.32 Å². The maximum atomic E-state index is 11.8. The maximum absolute atomic E-state index is 11.8. The molecular formula is C17H20ClN3O. The molecule has 4 nitrogen and oxygen atoms in total. The lowest BCUT2D eigenvalue weighted by atomic mass is 9.81. The van der Waals surface area contributed by atoms with E-state index in [2.05, 4.69) is 34.7 Å². The van der Waals surface area contributed by atoms with Crippen LogP contribution >= 0.6 is 11.6 Å². The zero-order valence-corrected chi connectivity index (χ0v) is 13.4. The highest BCUT2D eigenvalue weighted by atomic mass is 35.5. The van der Waals surface area contributed by atoms with E-state index in [1.807, 2.05) is 6.07 Å². The van der Waals surface area contributed by atoms with Gasteiger partial charge in [-0.1, -0.05) is 48.4 Å². The summed E-state index contributed by atoms with van der Waals surface area (Å²) in [6.45, 7) is 0. The van der Waals surface area contributed by atoms with Gasteiger partial charge in [-0.25, -0.2) is 4.68 Å². The standard InChI is InChI=1S/C17H20ClN3O/c1-21-17(22)16(18)15(11-19-21)20-14-9-5-8-13(10-14)12-6-3-2-4-7-12/h2-4,6-7,11,13-14,20H,5,8-10H2,1H3. The number of rotatable bonds is 3. The van der Waals surface area contributed by atoms with Gasteiger partial charge in [-0.3, -0.25) is 4.79 Å². The maximum Gasteiger partial charge on any atom is 0.287 e. The van der Waals surface area contributed by atoms with E-state index in [9.17, 15) is 4.79 Å². The molecule has 1 aliphatic rings. The molecule has 2 atom stereocenters. The Morgan fingerprint density at radius 2 is 2.05 bits per heavy atom. The van der Waals surface area contributed by atoms with Crippen molar-refractivity contribution < 1.29 is 0 Å². The summed E-state index contributed by atoms with van der Waals surface area (Å²) in [5.41, 5.74) is 1.77. The van der Waals surface area contributed by atoms with Gasteiger partial charge in [0.15, 0.2) is 0 Å². The van der Waals surface area contributed by atoms with E-state index < -0.39 is 0 Å². The van der Waals surface area contributed by atoms with Gasteiger partial charge in [-0.2, -0.15) is 5.10 Å². The van der Waals surface area contributed by atoms with Crippen molar-refractivity contribution in [1.29, 1.82) is 0 Å². The third kappa shape index (κ3) is 3.17. The quantitative estimate of drug-likeness (QED) is 0.941. The summed E-state index contributed by atoms with van der Waals surface area (Å²) < 4.78 is 1.25. The zero-order chi connectivity index (χ0) is 15.5. The van der Waals surface area contributed by atoms with Crippen LogP contribution < -0.4 is 10.9 Å². The van der Waals surface area contributed by atoms with Crippen molar-refractivity contribution in [3.05, 3.63) is 57.5 Å². The molecule has 1 aliphatic carbocycles. The van der Waals surface area contributed by atoms with Crippen LogP contribution in [0.1, 0.15) is 37.2 Å². The van der Waals surface area contributed by atoms with E-state index in [4.69, 9.17) is 11.6 Å². The molecule has 0 amide bonds. The van der Waals surface area contributed by atoms with Gasteiger partial charge in [0.25, 0.3) is 5.56 Å². The molecule has 5 heteroatoms. The number of hydrogen-bond donors (Lipinski definition) is 1. The minimum absolute atomic E-state index is 0.222. The van der Waals surface area contributed by atoms with Crippen LogP contribution in [0.3, 0.4) is 0 Å². The van der Waals surface area contributed by atoms with E-state index in [-0.39, 0.29) is 10.6 Å². The Labute approximate surface area is 135 Å². The number of anilines is 1. The van der Waals surface area contributed by atoms with E-state index in [0.29, 0.717) is 17.6 Å². The second-order valence-corrected chi connectivity index (χ2v) is 6.29. The first-order valence-electron chi connectivity index (χ1n) is 7.68. The van der Waals surface area contributed by atoms with Crippen LogP contribution in [0.25, 0.3) is 0 Å². The van der Waals surface area contributed by atoms with Crippen molar-refractivity contribution in [3.8, 4) is 0 Å². The summed E-state index contributed by atoms with van der Waals surface area (Å²) in [5, 5.41) is 7.67. The molecule has 0 saturated heterocycles. The van der Waals surface area contributed by atoms with Gasteiger partial charge >= 0.3 is 0 Å². The minimum Gasteiger partial charge on any atom is -0.380 e. The van der Waals surface area contributed by atoms with Crippen molar-refractivity contribution in [2.75, 3.05) is 5.32 Å². The number of nitrogens with zero attached hydrogens (tertiary/aromatic N) is 2. The van der Waals surface area contributed by atoms with Crippen LogP contribution in [-0.2, 0) is 7.05 Å². The van der Waals surface area contributed by atoms with Crippen molar-refractivity contribution >= 4 is 17.3 Å². The summed E-state index contributed by atoms with van der Waals surface area (Å²) in [6.07, 6.45) is 6.16. The summed E-state index contributed by atoms with van der Waals surface area (Å²) in [4.78, 5) is 11.8. The van der Waals surface area contributed by atoms with Crippen LogP contribution in [0.15, 0.2) is 41.3 Å². The van der Waals surface area contributed by atoms with Gasteiger partial charge in [0.2, 0.25) is 0 Å². The highest BCUT2D eigenvalue weighted by Crippen LogP contribution is 2.34. The van der Waals surface area contributed by atoms with E-state index in [0.717, 1.165) is 12.8 Å². The Kier molecular flexibility index (Phi) is 4.48. The van der Waals surface area contributed by atoms with Gasteiger partial charge in [0, 0.05) is 13.1 Å². The SMILES string of the molecule is Cn1ncc(NC2CCCC(c3ccccc3)C2)c(Cl)c1=O. The lowest BCUT2D eigenvalue weighted by Gasteiger charge is -2.30. The molecule has 1 heterocycles. The number of aromatic nitrogens is 2. The summed E-state index contributed by atoms with van der Waals surface area (Å²) >= 11 is 6.14. The van der Waals surface area contributed by atoms with Crippen LogP contribution in [-0.4, -0.2) is 15.8 Å². The number of benzene rings is 1. The molecule has 2 aromatic rings. The molecule has 1 aromatic carbocycles. The summed E-state index contributed by atoms with van der Waals surface area (Å²) in [6, 6.07) is 10.9. The van der Waals surface area contributed by atoms with Crippen LogP contribution in [0.5, 0.6) is 0 Å². The molecule has 0 bridgehead atoms. The third-order valence-corrected chi connectivity index (χ3v) is 4.75. The molecule has 22 heavy (non-hydrogen) atoms. The highest BCUT2D eigenvalue weighted by molar-refractivity contribution is 6.32. The van der Waals surface area contributed by atoms with Crippen LogP contribution in [0.2, 0.25) is 5.02 Å². The molecule has 116 valence electrons. The molecule has 0 spiro atoms. The summed E-state index contributed by atoms with van der Waals surface area (Å²) in [7, 11) is 1.60. The van der Waals surface area contributed by atoms with Crippen molar-refractivity contribution in [2.24, 2.45) is 7.05 Å². The molecule has 1 fully saturated rings. The van der Waals surface area contributed by atoms with Crippen molar-refractivity contribution in [3.63, 3.8) is 0 Å². The molecular weight excluding hydrogens is 298 g/mol. The fourth-order valence-corrected chi connectivity index (χ4v) is 3.41. The highest BCUT2D eigenvalue weighted by Gasteiger charge is 2.24. The van der Waals surface area contributed by atoms with Crippen molar-refractivity contribution in [2.45, 2.75) is 37.6 Å². The Bertz CT molecular complexity index is 699. The Morgan fingerprint density at radius 1 is 1.27 bits per heavy atom. The lowest BCUT2D eigenvalue weighted by molar-refractivity contribution is 0.410. The van der Waals surface area contributed by atoms with Crippen molar-refractivity contribution in [1.82, 2.24) is 9.78 Å². The number of hydrogen-bond acceptors (Lipinski definition) is 3. The molecule has 0 radical (unpaired) electrons. The largest absolute Gasteiger partial charge is 0.380 e. The van der Waals surface area contributed by atoms with Gasteiger partial charge in [-0.05, 0) is 30.7 Å². The summed E-state index contributed by atoms with van der Waals surface area (Å²) in [5.74, 6) is 0.561. The normalized spacial score (nSPS) is 21.5. The van der Waals surface area contributed by atoms with E-state index in [1.165, 1.54) is 23.1 Å². The first-order valence-corrected chi connectivity index (χ1v) is 8.06. The van der Waals surface area contributed by atoms with E-state index >= 15 is 0 Å². The monoisotopic (exact) mass is 317 g/mol. The molecule has 3 rings (SSSR count). The molecule has 1 saturated carbocycles. The first kappa shape index (κ1) is 15.1. The van der Waals surface area contributed by atoms with Gasteiger partial charge in [-0.15, -0.1) is 0 Å². The fourth-order valence-electron chi connectivity index (χ4n) is 3.18. The number of nitrogens with one attached hydrogen (secondary N) is 1. The Morgan fingerprint density at radius 3 is 2.82 bits per heavy atom. The number of halogens is 1. The lowest BCUT2D eigenvalue weighted by Crippen LogP contribution is -2.28. The second-order valence-electron chi connectivity index (χ2n) is 5.92.